The van der Waals surface area contributed by atoms with E-state index in [-0.39, 0.29) is 5.82 Å². The van der Waals surface area contributed by atoms with Crippen molar-refractivity contribution in [3.63, 3.8) is 0 Å². The first-order valence-electron chi connectivity index (χ1n) is 5.79. The first kappa shape index (κ1) is 11.0. The van der Waals surface area contributed by atoms with Crippen LogP contribution in [0.1, 0.15) is 5.56 Å². The minimum Gasteiger partial charge on any atom is -0.353 e. The van der Waals surface area contributed by atoms with Crippen LogP contribution in [0.5, 0.6) is 0 Å². The second kappa shape index (κ2) is 4.27. The fraction of sp³-hybridized carbons (Fsp3) is 0.154. The monoisotopic (exact) mass is 244 g/mol. The zero-order chi connectivity index (χ0) is 12.5. The Morgan fingerprint density at radius 3 is 3.00 bits per heavy atom. The lowest BCUT2D eigenvalue weighted by Crippen LogP contribution is -2.02. The van der Waals surface area contributed by atoms with Gasteiger partial charge >= 0.3 is 0 Å². The molecule has 92 valence electrons. The molecular weight excluding hydrogens is 231 g/mol. The third kappa shape index (κ3) is 1.78. The van der Waals surface area contributed by atoms with Crippen molar-refractivity contribution in [2.45, 2.75) is 6.42 Å². The number of rotatable bonds is 3. The number of H-pyrrole nitrogens is 2. The molecule has 3 rings (SSSR count). The maximum atomic E-state index is 13.1. The first-order valence-corrected chi connectivity index (χ1v) is 5.79. The lowest BCUT2D eigenvalue weighted by Gasteiger charge is -1.98. The Hall–Kier alpha value is -2.14. The van der Waals surface area contributed by atoms with Crippen LogP contribution < -0.4 is 5.73 Å². The van der Waals surface area contributed by atoms with Crippen molar-refractivity contribution in [2.75, 3.05) is 6.54 Å². The van der Waals surface area contributed by atoms with E-state index in [9.17, 15) is 4.39 Å². The van der Waals surface area contributed by atoms with Crippen molar-refractivity contribution in [3.8, 4) is 11.4 Å². The van der Waals surface area contributed by atoms with E-state index in [2.05, 4.69) is 15.2 Å². The second-order valence-corrected chi connectivity index (χ2v) is 4.22. The zero-order valence-electron chi connectivity index (χ0n) is 9.70. The maximum Gasteiger partial charge on any atom is 0.123 e. The average Bonchev–Trinajstić information content (AvgIpc) is 2.94. The zero-order valence-corrected chi connectivity index (χ0v) is 9.70. The summed E-state index contributed by atoms with van der Waals surface area (Å²) in [5.41, 5.74) is 9.34. The van der Waals surface area contributed by atoms with Gasteiger partial charge in [-0.05, 0) is 37.2 Å². The minimum absolute atomic E-state index is 0.236. The van der Waals surface area contributed by atoms with Gasteiger partial charge < -0.3 is 10.7 Å². The maximum absolute atomic E-state index is 13.1. The predicted molar refractivity (Wildman–Crippen MR) is 68.6 cm³/mol. The number of hydrogen-bond donors (Lipinski definition) is 3. The summed E-state index contributed by atoms with van der Waals surface area (Å²) in [6, 6.07) is 6.59. The highest BCUT2D eigenvalue weighted by molar-refractivity contribution is 5.85. The van der Waals surface area contributed by atoms with Crippen molar-refractivity contribution in [2.24, 2.45) is 5.73 Å². The molecule has 0 unspecified atom stereocenters. The van der Waals surface area contributed by atoms with Crippen molar-refractivity contribution in [1.82, 2.24) is 15.2 Å². The number of benzene rings is 1. The molecule has 0 atom stereocenters. The largest absolute Gasteiger partial charge is 0.353 e. The number of nitrogens with zero attached hydrogens (tertiary/aromatic N) is 1. The summed E-state index contributed by atoms with van der Waals surface area (Å²) in [6.07, 6.45) is 2.53. The molecule has 0 bridgehead atoms. The van der Waals surface area contributed by atoms with E-state index in [1.807, 2.05) is 6.07 Å². The van der Waals surface area contributed by atoms with Gasteiger partial charge in [0.15, 0.2) is 0 Å². The molecule has 0 aliphatic carbocycles. The van der Waals surface area contributed by atoms with Crippen LogP contribution in [0, 0.1) is 5.82 Å². The van der Waals surface area contributed by atoms with Crippen LogP contribution in [0.15, 0.2) is 30.5 Å². The van der Waals surface area contributed by atoms with E-state index < -0.39 is 0 Å². The Morgan fingerprint density at radius 2 is 2.17 bits per heavy atom. The second-order valence-electron chi connectivity index (χ2n) is 4.22. The Balaban J connectivity index is 2.10. The van der Waals surface area contributed by atoms with E-state index in [0.717, 1.165) is 34.3 Å². The molecule has 3 aromatic rings. The number of aromatic amines is 2. The van der Waals surface area contributed by atoms with Gasteiger partial charge in [0.05, 0.1) is 17.6 Å². The summed E-state index contributed by atoms with van der Waals surface area (Å²) >= 11 is 0. The van der Waals surface area contributed by atoms with E-state index in [1.165, 1.54) is 12.1 Å². The highest BCUT2D eigenvalue weighted by atomic mass is 19.1. The topological polar surface area (TPSA) is 70.5 Å². The van der Waals surface area contributed by atoms with Crippen LogP contribution in [-0.2, 0) is 6.42 Å². The Bertz CT molecular complexity index is 683. The van der Waals surface area contributed by atoms with Gasteiger partial charge in [-0.25, -0.2) is 4.39 Å². The molecule has 18 heavy (non-hydrogen) atoms. The molecule has 4 nitrogen and oxygen atoms in total. The van der Waals surface area contributed by atoms with Gasteiger partial charge in [0.1, 0.15) is 5.82 Å². The quantitative estimate of drug-likeness (QED) is 0.661. The van der Waals surface area contributed by atoms with Gasteiger partial charge in [0.2, 0.25) is 0 Å². The van der Waals surface area contributed by atoms with Crippen LogP contribution in [0.3, 0.4) is 0 Å². The standard InChI is InChI=1S/C13H13FN4/c14-10-1-2-11-9(5-10)6-12(17-11)13-8(3-4-15)7-16-18-13/h1-2,5-7,17H,3-4,15H2,(H,16,18). The van der Waals surface area contributed by atoms with Crippen molar-refractivity contribution in [3.05, 3.63) is 41.8 Å². The van der Waals surface area contributed by atoms with Gasteiger partial charge in [-0.2, -0.15) is 5.10 Å². The van der Waals surface area contributed by atoms with Crippen LogP contribution in [0.25, 0.3) is 22.3 Å². The molecule has 2 heterocycles. The van der Waals surface area contributed by atoms with Crippen molar-refractivity contribution in [1.29, 1.82) is 0 Å². The fourth-order valence-corrected chi connectivity index (χ4v) is 2.13. The highest BCUT2D eigenvalue weighted by Crippen LogP contribution is 2.25. The number of aromatic nitrogens is 3. The molecule has 2 aromatic heterocycles. The molecule has 0 saturated carbocycles. The average molecular weight is 244 g/mol. The van der Waals surface area contributed by atoms with Crippen LogP contribution in [-0.4, -0.2) is 21.7 Å². The van der Waals surface area contributed by atoms with Gasteiger partial charge in [-0.3, -0.25) is 5.10 Å². The predicted octanol–water partition coefficient (Wildman–Crippen LogP) is 2.20. The summed E-state index contributed by atoms with van der Waals surface area (Å²) < 4.78 is 13.1. The van der Waals surface area contributed by atoms with Gasteiger partial charge in [0, 0.05) is 16.5 Å². The summed E-state index contributed by atoms with van der Waals surface area (Å²) in [7, 11) is 0. The number of nitrogens with two attached hydrogens (primary N) is 1. The molecule has 0 aliphatic rings. The summed E-state index contributed by atoms with van der Waals surface area (Å²) in [5, 5.41) is 7.83. The van der Waals surface area contributed by atoms with E-state index in [0.29, 0.717) is 6.54 Å². The molecule has 0 aliphatic heterocycles. The number of fused-ring (bicyclic) bond motifs is 1. The summed E-state index contributed by atoms with van der Waals surface area (Å²) in [6.45, 7) is 0.571. The molecule has 4 N–H and O–H groups in total. The lowest BCUT2D eigenvalue weighted by atomic mass is 10.1. The molecule has 0 saturated heterocycles. The van der Waals surface area contributed by atoms with Crippen LogP contribution in [0.2, 0.25) is 0 Å². The third-order valence-electron chi connectivity index (χ3n) is 2.98. The van der Waals surface area contributed by atoms with Crippen molar-refractivity contribution < 1.29 is 4.39 Å². The Labute approximate surface area is 103 Å². The molecule has 5 heteroatoms. The molecule has 0 radical (unpaired) electrons. The molecule has 0 fully saturated rings. The van der Waals surface area contributed by atoms with Crippen molar-refractivity contribution >= 4 is 10.9 Å². The van der Waals surface area contributed by atoms with Crippen LogP contribution in [0.4, 0.5) is 4.39 Å². The number of hydrogen-bond acceptors (Lipinski definition) is 2. The third-order valence-corrected chi connectivity index (χ3v) is 2.98. The normalized spacial score (nSPS) is 11.2. The fourth-order valence-electron chi connectivity index (χ4n) is 2.13. The summed E-state index contributed by atoms with van der Waals surface area (Å²) in [5.74, 6) is -0.236. The first-order chi connectivity index (χ1) is 8.78. The SMILES string of the molecule is NCCc1cn[nH]c1-c1cc2cc(F)ccc2[nH]1. The summed E-state index contributed by atoms with van der Waals surface area (Å²) in [4.78, 5) is 3.25. The smallest absolute Gasteiger partial charge is 0.123 e. The van der Waals surface area contributed by atoms with Gasteiger partial charge in [0.25, 0.3) is 0 Å². The number of nitrogens with one attached hydrogen (secondary N) is 2. The van der Waals surface area contributed by atoms with E-state index in [4.69, 9.17) is 5.73 Å². The lowest BCUT2D eigenvalue weighted by molar-refractivity contribution is 0.630. The minimum atomic E-state index is -0.236. The van der Waals surface area contributed by atoms with Crippen LogP contribution >= 0.6 is 0 Å². The van der Waals surface area contributed by atoms with Gasteiger partial charge in [-0.15, -0.1) is 0 Å². The van der Waals surface area contributed by atoms with E-state index in [1.54, 1.807) is 12.3 Å². The molecule has 0 amide bonds. The Kier molecular flexibility index (Phi) is 2.60. The Morgan fingerprint density at radius 1 is 1.28 bits per heavy atom. The highest BCUT2D eigenvalue weighted by Gasteiger charge is 2.10. The molecule has 1 aromatic carbocycles. The van der Waals surface area contributed by atoms with E-state index >= 15 is 0 Å². The number of halogens is 1. The molecular formula is C13H13FN4. The molecule has 0 spiro atoms. The van der Waals surface area contributed by atoms with Gasteiger partial charge in [-0.1, -0.05) is 0 Å².